The molecule has 0 aliphatic rings. The molecule has 0 saturated carbocycles. The fourth-order valence-electron chi connectivity index (χ4n) is 4.12. The first-order valence-corrected chi connectivity index (χ1v) is 10.9. The van der Waals surface area contributed by atoms with Crippen LogP contribution in [0.25, 0.3) is 22.3 Å². The van der Waals surface area contributed by atoms with Crippen LogP contribution in [0.2, 0.25) is 0 Å². The number of benzene rings is 3. The molecule has 3 aromatic carbocycles. The van der Waals surface area contributed by atoms with Crippen molar-refractivity contribution in [2.24, 2.45) is 0 Å². The molecule has 0 spiro atoms. The predicted octanol–water partition coefficient (Wildman–Crippen LogP) is 6.30. The van der Waals surface area contributed by atoms with Crippen molar-refractivity contribution in [3.63, 3.8) is 0 Å². The van der Waals surface area contributed by atoms with Gasteiger partial charge in [-0.2, -0.15) is 0 Å². The highest BCUT2D eigenvalue weighted by atomic mass is 19.1. The smallest absolute Gasteiger partial charge is 0.146 e. The average Bonchev–Trinajstić information content (AvgIpc) is 3.19. The fraction of sp³-hybridized carbons (Fsp3) is 0.111. The van der Waals surface area contributed by atoms with Crippen molar-refractivity contribution in [3.05, 3.63) is 108 Å². The molecule has 5 nitrogen and oxygen atoms in total. The van der Waals surface area contributed by atoms with Gasteiger partial charge in [-0.1, -0.05) is 30.3 Å². The van der Waals surface area contributed by atoms with E-state index in [2.05, 4.69) is 22.2 Å². The first-order valence-electron chi connectivity index (χ1n) is 10.9. The molecule has 0 amide bonds. The SMILES string of the molecule is C[C@@H](Nc1ncnc2c1cc(-c1ccc(O)cc1)n2Cc1cc(F)cc(F)c1)c1ccccc1. The average molecular weight is 456 g/mol. The van der Waals surface area contributed by atoms with Crippen molar-refractivity contribution >= 4 is 16.9 Å². The van der Waals surface area contributed by atoms with E-state index in [1.807, 2.05) is 41.0 Å². The van der Waals surface area contributed by atoms with Crippen LogP contribution in [-0.2, 0) is 6.54 Å². The summed E-state index contributed by atoms with van der Waals surface area (Å²) in [6.45, 7) is 2.26. The molecule has 0 radical (unpaired) electrons. The summed E-state index contributed by atoms with van der Waals surface area (Å²) < 4.78 is 29.7. The third-order valence-corrected chi connectivity index (χ3v) is 5.77. The minimum absolute atomic E-state index is 0.00270. The van der Waals surface area contributed by atoms with Gasteiger partial charge in [0.1, 0.15) is 35.2 Å². The maximum absolute atomic E-state index is 13.9. The molecular weight excluding hydrogens is 434 g/mol. The van der Waals surface area contributed by atoms with Crippen LogP contribution >= 0.6 is 0 Å². The van der Waals surface area contributed by atoms with Crippen LogP contribution in [0.4, 0.5) is 14.6 Å². The molecular formula is C27H22F2N4O. The Balaban J connectivity index is 1.63. The lowest BCUT2D eigenvalue weighted by molar-refractivity contribution is 0.475. The Labute approximate surface area is 195 Å². The van der Waals surface area contributed by atoms with Gasteiger partial charge in [-0.3, -0.25) is 0 Å². The molecule has 0 saturated heterocycles. The van der Waals surface area contributed by atoms with Crippen molar-refractivity contribution in [1.82, 2.24) is 14.5 Å². The van der Waals surface area contributed by atoms with Crippen LogP contribution in [0.15, 0.2) is 85.2 Å². The second-order valence-corrected chi connectivity index (χ2v) is 8.18. The number of rotatable bonds is 6. The number of anilines is 1. The van der Waals surface area contributed by atoms with Crippen molar-refractivity contribution < 1.29 is 13.9 Å². The maximum atomic E-state index is 13.9. The monoisotopic (exact) mass is 456 g/mol. The number of hydrogen-bond donors (Lipinski definition) is 2. The van der Waals surface area contributed by atoms with E-state index in [-0.39, 0.29) is 18.3 Å². The molecule has 0 aliphatic heterocycles. The third-order valence-electron chi connectivity index (χ3n) is 5.77. The van der Waals surface area contributed by atoms with E-state index < -0.39 is 11.6 Å². The molecule has 1 atom stereocenters. The lowest BCUT2D eigenvalue weighted by atomic mass is 10.1. The Morgan fingerprint density at radius 1 is 0.912 bits per heavy atom. The minimum atomic E-state index is -0.633. The highest BCUT2D eigenvalue weighted by molar-refractivity contribution is 5.92. The van der Waals surface area contributed by atoms with Gasteiger partial charge >= 0.3 is 0 Å². The standard InChI is InChI=1S/C27H22F2N4O/c1-17(19-5-3-2-4-6-19)32-26-24-14-25(20-7-9-23(34)10-8-20)33(27(24)31-16-30-26)15-18-11-21(28)13-22(29)12-18/h2-14,16-17,34H,15H2,1H3,(H,30,31,32)/t17-/m1/s1. The van der Waals surface area contributed by atoms with E-state index in [4.69, 9.17) is 0 Å². The Morgan fingerprint density at radius 3 is 2.32 bits per heavy atom. The third kappa shape index (κ3) is 4.32. The summed E-state index contributed by atoms with van der Waals surface area (Å²) in [5.74, 6) is -0.458. The van der Waals surface area contributed by atoms with Gasteiger partial charge in [0.25, 0.3) is 0 Å². The molecule has 5 aromatic rings. The van der Waals surface area contributed by atoms with Gasteiger partial charge in [0, 0.05) is 18.7 Å². The quantitative estimate of drug-likeness (QED) is 0.315. The van der Waals surface area contributed by atoms with Crippen LogP contribution in [0, 0.1) is 11.6 Å². The summed E-state index contributed by atoms with van der Waals surface area (Å²) in [5, 5.41) is 14.0. The van der Waals surface area contributed by atoms with Crippen LogP contribution in [0.5, 0.6) is 5.75 Å². The van der Waals surface area contributed by atoms with E-state index in [9.17, 15) is 13.9 Å². The molecule has 0 bridgehead atoms. The van der Waals surface area contributed by atoms with E-state index in [0.717, 1.165) is 28.3 Å². The number of phenolic OH excluding ortho intramolecular Hbond substituents is 1. The summed E-state index contributed by atoms with van der Waals surface area (Å²) in [4.78, 5) is 8.98. The summed E-state index contributed by atoms with van der Waals surface area (Å²) in [6, 6.07) is 22.2. The molecule has 0 fully saturated rings. The summed E-state index contributed by atoms with van der Waals surface area (Å²) in [5.41, 5.74) is 3.83. The van der Waals surface area contributed by atoms with Crippen LogP contribution in [0.3, 0.4) is 0 Å². The van der Waals surface area contributed by atoms with Gasteiger partial charge < -0.3 is 15.0 Å². The molecule has 0 unspecified atom stereocenters. The number of halogens is 2. The van der Waals surface area contributed by atoms with Gasteiger partial charge in [0.05, 0.1) is 11.1 Å². The lowest BCUT2D eigenvalue weighted by Gasteiger charge is -2.15. The lowest BCUT2D eigenvalue weighted by Crippen LogP contribution is -2.09. The molecule has 34 heavy (non-hydrogen) atoms. The Kier molecular flexibility index (Phi) is 5.67. The predicted molar refractivity (Wildman–Crippen MR) is 129 cm³/mol. The zero-order chi connectivity index (χ0) is 23.7. The maximum Gasteiger partial charge on any atom is 0.146 e. The van der Waals surface area contributed by atoms with Gasteiger partial charge in [0.2, 0.25) is 0 Å². The van der Waals surface area contributed by atoms with Crippen molar-refractivity contribution in [2.75, 3.05) is 5.32 Å². The first-order chi connectivity index (χ1) is 16.5. The van der Waals surface area contributed by atoms with E-state index in [1.165, 1.54) is 18.5 Å². The van der Waals surface area contributed by atoms with Gasteiger partial charge in [-0.25, -0.2) is 18.7 Å². The van der Waals surface area contributed by atoms with Crippen LogP contribution in [-0.4, -0.2) is 19.6 Å². The van der Waals surface area contributed by atoms with Crippen molar-refractivity contribution in [2.45, 2.75) is 19.5 Å². The normalized spacial score (nSPS) is 12.1. The Morgan fingerprint density at radius 2 is 1.62 bits per heavy atom. The van der Waals surface area contributed by atoms with Crippen molar-refractivity contribution in [1.29, 1.82) is 0 Å². The Bertz CT molecular complexity index is 1430. The summed E-state index contributed by atoms with van der Waals surface area (Å²) in [6.07, 6.45) is 1.48. The summed E-state index contributed by atoms with van der Waals surface area (Å²) >= 11 is 0. The van der Waals surface area contributed by atoms with Gasteiger partial charge in [-0.05, 0) is 66.1 Å². The highest BCUT2D eigenvalue weighted by Gasteiger charge is 2.18. The topological polar surface area (TPSA) is 63.0 Å². The number of fused-ring (bicyclic) bond motifs is 1. The molecule has 5 rings (SSSR count). The largest absolute Gasteiger partial charge is 0.508 e. The second-order valence-electron chi connectivity index (χ2n) is 8.18. The fourth-order valence-corrected chi connectivity index (χ4v) is 4.12. The number of aromatic hydroxyl groups is 1. The van der Waals surface area contributed by atoms with Crippen molar-refractivity contribution in [3.8, 4) is 17.0 Å². The van der Waals surface area contributed by atoms with Crippen LogP contribution < -0.4 is 5.32 Å². The van der Waals surface area contributed by atoms with Crippen LogP contribution in [0.1, 0.15) is 24.1 Å². The number of hydrogen-bond acceptors (Lipinski definition) is 4. The minimum Gasteiger partial charge on any atom is -0.508 e. The molecule has 170 valence electrons. The number of nitrogens with one attached hydrogen (secondary N) is 1. The number of nitrogens with zero attached hydrogens (tertiary/aromatic N) is 3. The molecule has 0 aliphatic carbocycles. The van der Waals surface area contributed by atoms with Gasteiger partial charge in [0.15, 0.2) is 0 Å². The molecule has 2 N–H and O–H groups in total. The Hall–Kier alpha value is -4.26. The summed E-state index contributed by atoms with van der Waals surface area (Å²) in [7, 11) is 0. The zero-order valence-electron chi connectivity index (χ0n) is 18.4. The first kappa shape index (κ1) is 21.6. The molecule has 7 heteroatoms. The number of aromatic nitrogens is 3. The van der Waals surface area contributed by atoms with E-state index >= 15 is 0 Å². The molecule has 2 aromatic heterocycles. The number of phenols is 1. The van der Waals surface area contributed by atoms with E-state index in [1.54, 1.807) is 24.3 Å². The van der Waals surface area contributed by atoms with E-state index in [0.29, 0.717) is 17.0 Å². The second kappa shape index (κ2) is 8.94. The molecule has 2 heterocycles. The zero-order valence-corrected chi connectivity index (χ0v) is 18.4. The van der Waals surface area contributed by atoms with Gasteiger partial charge in [-0.15, -0.1) is 0 Å². The highest BCUT2D eigenvalue weighted by Crippen LogP contribution is 2.33.